The standard InChI is InChI=1S/C17H11F2I3O4/c1-8-2-4-9(5-3-8)14(17(18,19)16(24)25)26-15(23)11-6-10(20)7-12(21)13(11)22/h2-7,14H,1H3,(H,24,25). The third kappa shape index (κ3) is 4.82. The summed E-state index contributed by atoms with van der Waals surface area (Å²) in [5.74, 6) is -7.63. The minimum atomic E-state index is -4.27. The highest BCUT2D eigenvalue weighted by Crippen LogP contribution is 2.36. The SMILES string of the molecule is Cc1ccc(C(OC(=O)c2cc(I)cc(I)c2I)C(F)(F)C(=O)O)cc1. The lowest BCUT2D eigenvalue weighted by Gasteiger charge is -2.24. The monoisotopic (exact) mass is 698 g/mol. The molecule has 0 fully saturated rings. The number of carboxylic acids is 1. The van der Waals surface area contributed by atoms with E-state index < -0.39 is 24.0 Å². The van der Waals surface area contributed by atoms with Gasteiger partial charge in [-0.2, -0.15) is 8.78 Å². The number of halogens is 5. The molecule has 9 heteroatoms. The highest BCUT2D eigenvalue weighted by Gasteiger charge is 2.51. The molecule has 0 aliphatic rings. The van der Waals surface area contributed by atoms with Crippen LogP contribution in [0, 0.1) is 17.6 Å². The second-order valence-corrected chi connectivity index (χ2v) is 8.86. The highest BCUT2D eigenvalue weighted by molar-refractivity contribution is 14.1. The van der Waals surface area contributed by atoms with Gasteiger partial charge >= 0.3 is 17.9 Å². The quantitative estimate of drug-likeness (QED) is 0.258. The average Bonchev–Trinajstić information content (AvgIpc) is 2.56. The van der Waals surface area contributed by atoms with E-state index in [0.29, 0.717) is 3.57 Å². The van der Waals surface area contributed by atoms with Crippen molar-refractivity contribution in [2.24, 2.45) is 0 Å². The van der Waals surface area contributed by atoms with Crippen molar-refractivity contribution >= 4 is 79.7 Å². The van der Waals surface area contributed by atoms with Crippen LogP contribution in [0.5, 0.6) is 0 Å². The van der Waals surface area contributed by atoms with Crippen LogP contribution >= 0.6 is 67.8 Å². The Kier molecular flexibility index (Phi) is 7.21. The van der Waals surface area contributed by atoms with Crippen molar-refractivity contribution in [3.8, 4) is 0 Å². The molecule has 4 nitrogen and oxygen atoms in total. The van der Waals surface area contributed by atoms with Gasteiger partial charge in [-0.1, -0.05) is 29.8 Å². The van der Waals surface area contributed by atoms with E-state index in [0.717, 1.165) is 12.7 Å². The lowest BCUT2D eigenvalue weighted by atomic mass is 10.0. The molecule has 138 valence electrons. The zero-order valence-corrected chi connectivity index (χ0v) is 19.6. The molecule has 1 atom stereocenters. The van der Waals surface area contributed by atoms with Gasteiger partial charge in [0.05, 0.1) is 5.56 Å². The summed E-state index contributed by atoms with van der Waals surface area (Å²) < 4.78 is 35.5. The average molecular weight is 698 g/mol. The molecule has 0 spiro atoms. The third-order valence-electron chi connectivity index (χ3n) is 3.43. The van der Waals surface area contributed by atoms with Crippen molar-refractivity contribution in [2.45, 2.75) is 19.0 Å². The van der Waals surface area contributed by atoms with Gasteiger partial charge in [-0.25, -0.2) is 9.59 Å². The smallest absolute Gasteiger partial charge is 0.382 e. The van der Waals surface area contributed by atoms with Crippen molar-refractivity contribution in [3.63, 3.8) is 0 Å². The summed E-state index contributed by atoms with van der Waals surface area (Å²) in [6.07, 6.45) is -2.24. The summed E-state index contributed by atoms with van der Waals surface area (Å²) in [7, 11) is 0. The van der Waals surface area contributed by atoms with Crippen LogP contribution in [0.15, 0.2) is 36.4 Å². The van der Waals surface area contributed by atoms with Gasteiger partial charge in [0.2, 0.25) is 6.10 Å². The molecule has 0 radical (unpaired) electrons. The van der Waals surface area contributed by atoms with Gasteiger partial charge in [0, 0.05) is 10.7 Å². The molecule has 0 bridgehead atoms. The van der Waals surface area contributed by atoms with E-state index >= 15 is 0 Å². The number of carbonyl (C=O) groups is 2. The zero-order chi connectivity index (χ0) is 19.6. The van der Waals surface area contributed by atoms with E-state index in [1.54, 1.807) is 19.1 Å². The Labute approximate surface area is 189 Å². The van der Waals surface area contributed by atoms with Crippen molar-refractivity contribution in [2.75, 3.05) is 0 Å². The van der Waals surface area contributed by atoms with Gasteiger partial charge in [0.15, 0.2) is 0 Å². The summed E-state index contributed by atoms with van der Waals surface area (Å²) in [6, 6.07) is 9.08. The maximum atomic E-state index is 14.3. The predicted octanol–water partition coefficient (Wildman–Crippen LogP) is 5.43. The van der Waals surface area contributed by atoms with Crippen molar-refractivity contribution in [1.29, 1.82) is 0 Å². The molecule has 1 N–H and O–H groups in total. The van der Waals surface area contributed by atoms with Gasteiger partial charge in [0.25, 0.3) is 0 Å². The Morgan fingerprint density at radius 2 is 1.69 bits per heavy atom. The number of hydrogen-bond donors (Lipinski definition) is 1. The second-order valence-electron chi connectivity index (χ2n) is 5.37. The van der Waals surface area contributed by atoms with E-state index in [4.69, 9.17) is 9.84 Å². The number of benzene rings is 2. The molecule has 0 amide bonds. The number of esters is 1. The Balaban J connectivity index is 2.46. The Morgan fingerprint density at radius 1 is 1.12 bits per heavy atom. The molecule has 0 saturated heterocycles. The Hall–Kier alpha value is -0.570. The molecule has 1 unspecified atom stereocenters. The largest absolute Gasteiger partial charge is 0.477 e. The maximum Gasteiger partial charge on any atom is 0.382 e. The fraction of sp³-hybridized carbons (Fsp3) is 0.176. The minimum absolute atomic E-state index is 0.0910. The first-order valence-electron chi connectivity index (χ1n) is 7.07. The summed E-state index contributed by atoms with van der Waals surface area (Å²) in [4.78, 5) is 23.6. The van der Waals surface area contributed by atoms with Gasteiger partial charge < -0.3 is 9.84 Å². The maximum absolute atomic E-state index is 14.3. The normalized spacial score (nSPS) is 12.5. The van der Waals surface area contributed by atoms with Gasteiger partial charge in [-0.05, 0) is 92.4 Å². The molecule has 0 aliphatic carbocycles. The first-order valence-corrected chi connectivity index (χ1v) is 10.3. The fourth-order valence-electron chi connectivity index (χ4n) is 2.08. The van der Waals surface area contributed by atoms with E-state index in [-0.39, 0.29) is 11.1 Å². The van der Waals surface area contributed by atoms with Crippen LogP contribution in [0.2, 0.25) is 0 Å². The number of alkyl halides is 2. The van der Waals surface area contributed by atoms with Crippen molar-refractivity contribution < 1.29 is 28.2 Å². The zero-order valence-electron chi connectivity index (χ0n) is 13.1. The van der Waals surface area contributed by atoms with Crippen LogP contribution in [0.4, 0.5) is 8.78 Å². The third-order valence-corrected chi connectivity index (χ3v) is 7.10. The summed E-state index contributed by atoms with van der Waals surface area (Å²) in [5, 5.41) is 8.91. The molecule has 0 saturated carbocycles. The van der Waals surface area contributed by atoms with Gasteiger partial charge in [-0.3, -0.25) is 0 Å². The van der Waals surface area contributed by atoms with E-state index in [1.807, 2.05) is 73.8 Å². The van der Waals surface area contributed by atoms with Crippen LogP contribution in [-0.2, 0) is 9.53 Å². The lowest BCUT2D eigenvalue weighted by Crippen LogP contribution is -2.38. The fourth-order valence-corrected chi connectivity index (χ4v) is 4.46. The number of rotatable bonds is 5. The Bertz CT molecular complexity index is 854. The van der Waals surface area contributed by atoms with E-state index in [9.17, 15) is 18.4 Å². The van der Waals surface area contributed by atoms with Crippen LogP contribution < -0.4 is 0 Å². The molecule has 26 heavy (non-hydrogen) atoms. The molecule has 0 aliphatic heterocycles. The second kappa shape index (κ2) is 8.63. The lowest BCUT2D eigenvalue weighted by molar-refractivity contribution is -0.183. The van der Waals surface area contributed by atoms with Crippen LogP contribution in [0.3, 0.4) is 0 Å². The van der Waals surface area contributed by atoms with Crippen LogP contribution in [0.25, 0.3) is 0 Å². The number of aliphatic carboxylic acids is 1. The van der Waals surface area contributed by atoms with Crippen LogP contribution in [0.1, 0.15) is 27.6 Å². The van der Waals surface area contributed by atoms with Crippen molar-refractivity contribution in [3.05, 3.63) is 63.8 Å². The molecular formula is C17H11F2I3O4. The number of ether oxygens (including phenoxy) is 1. The number of hydrogen-bond acceptors (Lipinski definition) is 3. The van der Waals surface area contributed by atoms with Gasteiger partial charge in [0.1, 0.15) is 0 Å². The van der Waals surface area contributed by atoms with Crippen molar-refractivity contribution in [1.82, 2.24) is 0 Å². The molecule has 0 aromatic heterocycles. The van der Waals surface area contributed by atoms with Crippen LogP contribution in [-0.4, -0.2) is 23.0 Å². The van der Waals surface area contributed by atoms with Gasteiger partial charge in [-0.15, -0.1) is 0 Å². The minimum Gasteiger partial charge on any atom is -0.477 e. The first kappa shape index (κ1) is 21.7. The summed E-state index contributed by atoms with van der Waals surface area (Å²) >= 11 is 5.94. The van der Waals surface area contributed by atoms with E-state index in [1.165, 1.54) is 18.2 Å². The molecular weight excluding hydrogens is 687 g/mol. The predicted molar refractivity (Wildman–Crippen MR) is 117 cm³/mol. The summed E-state index contributed by atoms with van der Waals surface area (Å²) in [5.41, 5.74) is 0.825. The van der Waals surface area contributed by atoms with E-state index in [2.05, 4.69) is 0 Å². The summed E-state index contributed by atoms with van der Waals surface area (Å²) in [6.45, 7) is 1.76. The first-order chi connectivity index (χ1) is 12.0. The molecule has 0 heterocycles. The number of carboxylic acid groups (broad SMARTS) is 1. The number of aryl methyl sites for hydroxylation is 1. The topological polar surface area (TPSA) is 63.6 Å². The number of carbonyl (C=O) groups excluding carboxylic acids is 1. The molecule has 2 aromatic carbocycles. The Morgan fingerprint density at radius 3 is 2.23 bits per heavy atom. The molecule has 2 aromatic rings. The highest BCUT2D eigenvalue weighted by atomic mass is 127. The molecule has 2 rings (SSSR count).